The molecule has 2 aromatic carbocycles. The van der Waals surface area contributed by atoms with Crippen molar-refractivity contribution in [1.82, 2.24) is 9.80 Å². The number of azo groups is 1. The van der Waals surface area contributed by atoms with Crippen LogP contribution in [0.1, 0.15) is 41.0 Å². The minimum Gasteiger partial charge on any atom is -0.453 e. The van der Waals surface area contributed by atoms with Gasteiger partial charge in [-0.2, -0.15) is 10.2 Å². The van der Waals surface area contributed by atoms with E-state index in [-0.39, 0.29) is 24.3 Å². The molecule has 2 amide bonds. The van der Waals surface area contributed by atoms with Crippen LogP contribution in [-0.4, -0.2) is 61.4 Å². The summed E-state index contributed by atoms with van der Waals surface area (Å²) in [5, 5.41) is 9.85. The summed E-state index contributed by atoms with van der Waals surface area (Å²) in [7, 11) is 2.86. The largest absolute Gasteiger partial charge is 0.453 e. The molecule has 0 N–H and O–H groups in total. The fraction of sp³-hybridized carbons (Fsp3) is 0.462. The van der Waals surface area contributed by atoms with E-state index < -0.39 is 5.54 Å². The standard InChI is InChI=1S/C26H28N4O4/c1-33-24(31)29-12-10-18-17-7-5-9-21(19(17)15-22(18)29)27-28-26-11-13-30(25(32)34-2)23(26)14-16-6-3-4-8-20(16)26/h3-9,18,22-23H,10-15H2,1-2H3/t18-,22+,23+,26+/m1/s1. The fourth-order valence-electron chi connectivity index (χ4n) is 6.72. The normalized spacial score (nSPS) is 28.6. The van der Waals surface area contributed by atoms with Gasteiger partial charge in [0.25, 0.3) is 0 Å². The molecule has 4 atom stereocenters. The van der Waals surface area contributed by atoms with E-state index in [1.54, 1.807) is 4.90 Å². The van der Waals surface area contributed by atoms with Crippen molar-refractivity contribution in [2.45, 2.75) is 49.2 Å². The summed E-state index contributed by atoms with van der Waals surface area (Å²) in [6.45, 7) is 1.31. The van der Waals surface area contributed by atoms with Crippen LogP contribution < -0.4 is 0 Å². The number of nitrogens with zero attached hydrogens (tertiary/aromatic N) is 4. The van der Waals surface area contributed by atoms with Gasteiger partial charge in [0.1, 0.15) is 5.54 Å². The number of amides is 2. The lowest BCUT2D eigenvalue weighted by molar-refractivity contribution is 0.113. The van der Waals surface area contributed by atoms with Crippen molar-refractivity contribution in [2.24, 2.45) is 10.2 Å². The van der Waals surface area contributed by atoms with Gasteiger partial charge in [-0.15, -0.1) is 0 Å². The molecule has 8 heteroatoms. The Morgan fingerprint density at radius 3 is 2.59 bits per heavy atom. The number of carbonyl (C=O) groups is 2. The molecule has 4 aliphatic rings. The number of methoxy groups -OCH3 is 2. The van der Waals surface area contributed by atoms with Gasteiger partial charge in [0.05, 0.1) is 25.9 Å². The maximum Gasteiger partial charge on any atom is 0.409 e. The fourth-order valence-corrected chi connectivity index (χ4v) is 6.72. The number of likely N-dealkylation sites (tertiary alicyclic amines) is 2. The highest BCUT2D eigenvalue weighted by molar-refractivity contribution is 5.70. The first-order valence-corrected chi connectivity index (χ1v) is 11.9. The molecule has 0 unspecified atom stereocenters. The first-order valence-electron chi connectivity index (χ1n) is 11.9. The molecule has 6 rings (SSSR count). The van der Waals surface area contributed by atoms with Gasteiger partial charge < -0.3 is 19.3 Å². The van der Waals surface area contributed by atoms with Crippen LogP contribution in [0.5, 0.6) is 0 Å². The van der Waals surface area contributed by atoms with Crippen LogP contribution >= 0.6 is 0 Å². The molecular weight excluding hydrogens is 432 g/mol. The van der Waals surface area contributed by atoms with Crippen LogP contribution in [0.2, 0.25) is 0 Å². The maximum absolute atomic E-state index is 12.5. The van der Waals surface area contributed by atoms with Gasteiger partial charge in [-0.3, -0.25) is 0 Å². The monoisotopic (exact) mass is 460 g/mol. The van der Waals surface area contributed by atoms with E-state index >= 15 is 0 Å². The number of hydrogen-bond acceptors (Lipinski definition) is 6. The van der Waals surface area contributed by atoms with Crippen molar-refractivity contribution in [3.05, 3.63) is 64.7 Å². The highest BCUT2D eigenvalue weighted by Crippen LogP contribution is 2.51. The van der Waals surface area contributed by atoms with Crippen LogP contribution in [0, 0.1) is 0 Å². The molecular formula is C26H28N4O4. The van der Waals surface area contributed by atoms with Crippen molar-refractivity contribution in [2.75, 3.05) is 27.3 Å². The first kappa shape index (κ1) is 21.1. The number of rotatable bonds is 2. The Bertz CT molecular complexity index is 1200. The van der Waals surface area contributed by atoms with E-state index in [1.165, 1.54) is 25.3 Å². The molecule has 2 aromatic rings. The van der Waals surface area contributed by atoms with Gasteiger partial charge in [0.2, 0.25) is 0 Å². The second-order valence-corrected chi connectivity index (χ2v) is 9.59. The Morgan fingerprint density at radius 2 is 1.76 bits per heavy atom. The van der Waals surface area contributed by atoms with Crippen LogP contribution in [0.4, 0.5) is 15.3 Å². The molecule has 2 aliphatic heterocycles. The van der Waals surface area contributed by atoms with E-state index in [4.69, 9.17) is 19.7 Å². The number of ether oxygens (including phenoxy) is 2. The van der Waals surface area contributed by atoms with Crippen molar-refractivity contribution >= 4 is 17.9 Å². The summed E-state index contributed by atoms with van der Waals surface area (Å²) >= 11 is 0. The van der Waals surface area contributed by atoms with E-state index in [9.17, 15) is 9.59 Å². The van der Waals surface area contributed by atoms with Crippen LogP contribution in [0.25, 0.3) is 0 Å². The van der Waals surface area contributed by atoms with E-state index in [0.717, 1.165) is 42.6 Å². The number of benzene rings is 2. The minimum atomic E-state index is -0.569. The lowest BCUT2D eigenvalue weighted by Crippen LogP contribution is -2.42. The molecule has 2 saturated heterocycles. The second kappa shape index (κ2) is 7.82. The van der Waals surface area contributed by atoms with Gasteiger partial charge in [0.15, 0.2) is 0 Å². The number of hydrogen-bond donors (Lipinski definition) is 0. The third-order valence-electron chi connectivity index (χ3n) is 8.26. The third-order valence-corrected chi connectivity index (χ3v) is 8.26. The van der Waals surface area contributed by atoms with E-state index in [2.05, 4.69) is 18.2 Å². The summed E-state index contributed by atoms with van der Waals surface area (Å²) in [5.74, 6) is 0.309. The SMILES string of the molecule is COC(=O)N1CC[C@]2(N=Nc3cccc4c3C[C@H]3[C@@H]4CCN3C(=O)OC)c3ccccc3C[C@H]12. The van der Waals surface area contributed by atoms with Gasteiger partial charge >= 0.3 is 12.2 Å². The molecule has 8 nitrogen and oxygen atoms in total. The predicted molar refractivity (Wildman–Crippen MR) is 124 cm³/mol. The zero-order valence-electron chi connectivity index (χ0n) is 19.4. The smallest absolute Gasteiger partial charge is 0.409 e. The topological polar surface area (TPSA) is 83.8 Å². The zero-order chi connectivity index (χ0) is 23.4. The van der Waals surface area contributed by atoms with Gasteiger partial charge in [-0.1, -0.05) is 36.4 Å². The van der Waals surface area contributed by atoms with Crippen LogP contribution in [-0.2, 0) is 27.9 Å². The Labute approximate surface area is 198 Å². The van der Waals surface area contributed by atoms with Crippen molar-refractivity contribution in [1.29, 1.82) is 0 Å². The summed E-state index contributed by atoms with van der Waals surface area (Å²) in [6.07, 6.45) is 2.57. The molecule has 2 heterocycles. The summed E-state index contributed by atoms with van der Waals surface area (Å²) < 4.78 is 10.1. The lowest BCUT2D eigenvalue weighted by atomic mass is 9.89. The molecule has 0 aromatic heterocycles. The average Bonchev–Trinajstić information content (AvgIpc) is 3.60. The van der Waals surface area contributed by atoms with E-state index in [1.807, 2.05) is 29.2 Å². The van der Waals surface area contributed by atoms with Crippen molar-refractivity contribution in [3.8, 4) is 0 Å². The maximum atomic E-state index is 12.5. The highest BCUT2D eigenvalue weighted by Gasteiger charge is 2.56. The molecule has 0 radical (unpaired) electrons. The number of carbonyl (C=O) groups excluding carboxylic acids is 2. The summed E-state index contributed by atoms with van der Waals surface area (Å²) in [6, 6.07) is 14.5. The molecule has 0 bridgehead atoms. The minimum absolute atomic E-state index is 0.105. The van der Waals surface area contributed by atoms with Gasteiger partial charge in [0, 0.05) is 25.0 Å². The molecule has 0 spiro atoms. The Balaban J connectivity index is 1.36. The zero-order valence-corrected chi connectivity index (χ0v) is 19.4. The van der Waals surface area contributed by atoms with E-state index in [0.29, 0.717) is 18.9 Å². The third kappa shape index (κ3) is 2.90. The first-order chi connectivity index (χ1) is 16.6. The second-order valence-electron chi connectivity index (χ2n) is 9.59. The predicted octanol–water partition coefficient (Wildman–Crippen LogP) is 4.54. The Kier molecular flexibility index (Phi) is 4.86. The molecule has 2 aliphatic carbocycles. The number of fused-ring (bicyclic) bond motifs is 6. The van der Waals surface area contributed by atoms with Crippen LogP contribution in [0.3, 0.4) is 0 Å². The molecule has 0 saturated carbocycles. The Morgan fingerprint density at radius 1 is 0.971 bits per heavy atom. The van der Waals surface area contributed by atoms with Crippen LogP contribution in [0.15, 0.2) is 52.7 Å². The van der Waals surface area contributed by atoms with Gasteiger partial charge in [-0.05, 0) is 54.0 Å². The average molecular weight is 461 g/mol. The van der Waals surface area contributed by atoms with Gasteiger partial charge in [-0.25, -0.2) is 9.59 Å². The summed E-state index contributed by atoms with van der Waals surface area (Å²) in [4.78, 5) is 28.4. The lowest BCUT2D eigenvalue weighted by Gasteiger charge is -2.28. The highest BCUT2D eigenvalue weighted by atomic mass is 16.5. The van der Waals surface area contributed by atoms with Crippen molar-refractivity contribution in [3.63, 3.8) is 0 Å². The van der Waals surface area contributed by atoms with Crippen molar-refractivity contribution < 1.29 is 19.1 Å². The molecule has 176 valence electrons. The Hall–Kier alpha value is -3.42. The quantitative estimate of drug-likeness (QED) is 0.616. The summed E-state index contributed by atoms with van der Waals surface area (Å²) in [5.41, 5.74) is 5.07. The molecule has 2 fully saturated rings. The molecule has 34 heavy (non-hydrogen) atoms.